The number of hydrogen-bond acceptors (Lipinski definition) is 5. The van der Waals surface area contributed by atoms with Crippen molar-refractivity contribution in [1.82, 2.24) is 4.98 Å². The van der Waals surface area contributed by atoms with E-state index in [1.807, 2.05) is 32.0 Å². The van der Waals surface area contributed by atoms with Crippen LogP contribution < -0.4 is 24.8 Å². The van der Waals surface area contributed by atoms with Crippen LogP contribution in [0.4, 0.5) is 0 Å². The normalized spacial score (nSPS) is 15.7. The summed E-state index contributed by atoms with van der Waals surface area (Å²) in [4.78, 5) is 22.0. The average molecular weight is 366 g/mol. The second-order valence-corrected chi connectivity index (χ2v) is 4.38. The maximum atomic E-state index is 4.53. The van der Waals surface area contributed by atoms with Crippen molar-refractivity contribution in [2.75, 3.05) is 13.1 Å². The van der Waals surface area contributed by atoms with Crippen molar-refractivity contribution in [2.45, 2.75) is 13.8 Å². The van der Waals surface area contributed by atoms with Gasteiger partial charge >= 0.3 is 17.1 Å². The van der Waals surface area contributed by atoms with Crippen LogP contribution in [0.15, 0.2) is 38.2 Å². The van der Waals surface area contributed by atoms with Crippen LogP contribution in [-0.2, 0) is 17.1 Å². The molecule has 0 spiro atoms. The maximum Gasteiger partial charge on any atom is 2.00 e. The van der Waals surface area contributed by atoms with Crippen molar-refractivity contribution in [3.63, 3.8) is 0 Å². The van der Waals surface area contributed by atoms with Gasteiger partial charge in [-0.05, 0) is 26.0 Å². The zero-order chi connectivity index (χ0) is 12.5. The van der Waals surface area contributed by atoms with Gasteiger partial charge in [-0.2, -0.15) is 0 Å². The number of pyridine rings is 1. The number of nitrogens with zero attached hydrogens (tertiary/aromatic N) is 5. The van der Waals surface area contributed by atoms with E-state index in [-0.39, 0.29) is 41.9 Å². The third kappa shape index (κ3) is 4.45. The number of hydrogen-bond donors (Lipinski definition) is 0. The maximum absolute atomic E-state index is 4.53. The largest absolute Gasteiger partial charge is 2.00 e. The van der Waals surface area contributed by atoms with Gasteiger partial charge in [0.2, 0.25) is 0 Å². The molecule has 2 aliphatic rings. The van der Waals surface area contributed by atoms with Crippen LogP contribution in [0, 0.1) is 0 Å². The quantitative estimate of drug-likeness (QED) is 0.487. The number of halogens is 2. The van der Waals surface area contributed by atoms with Crippen molar-refractivity contribution in [3.8, 4) is 0 Å². The van der Waals surface area contributed by atoms with Crippen LogP contribution >= 0.6 is 0 Å². The molecule has 0 atom stereocenters. The first-order valence-corrected chi connectivity index (χ1v) is 5.87. The van der Waals surface area contributed by atoms with Gasteiger partial charge < -0.3 is 24.8 Å². The zero-order valence-electron chi connectivity index (χ0n) is 11.5. The fraction of sp³-hybridized carbons (Fsp3) is 0.308. The summed E-state index contributed by atoms with van der Waals surface area (Å²) in [5, 5.41) is 0. The monoisotopic (exact) mass is 365 g/mol. The van der Waals surface area contributed by atoms with E-state index in [2.05, 4.69) is 25.0 Å². The van der Waals surface area contributed by atoms with E-state index in [9.17, 15) is 0 Å². The minimum Gasteiger partial charge on any atom is -1.00 e. The van der Waals surface area contributed by atoms with Gasteiger partial charge in [-0.25, -0.2) is 15.0 Å². The van der Waals surface area contributed by atoms with Gasteiger partial charge in [-0.3, -0.25) is 9.98 Å². The van der Waals surface area contributed by atoms with E-state index in [4.69, 9.17) is 0 Å². The summed E-state index contributed by atoms with van der Waals surface area (Å²) < 4.78 is 0. The minimum absolute atomic E-state index is 0. The van der Waals surface area contributed by atoms with E-state index >= 15 is 0 Å². The number of amidine groups is 2. The molecular weight excluding hydrogens is 353 g/mol. The SMILES string of the molecule is CC1=NC(c2cccc(C3=NCC(C)=N3)n2)=NC1.[Cl-].[Cl-].[Fe+2]. The third-order valence-corrected chi connectivity index (χ3v) is 2.72. The molecular formula is C13H13Cl2FeN5. The Labute approximate surface area is 146 Å². The predicted molar refractivity (Wildman–Crippen MR) is 73.3 cm³/mol. The summed E-state index contributed by atoms with van der Waals surface area (Å²) >= 11 is 0. The molecule has 0 amide bonds. The number of aromatic nitrogens is 1. The Bertz CT molecular complexity index is 586. The summed E-state index contributed by atoms with van der Waals surface area (Å²) in [6.45, 7) is 5.27. The standard InChI is InChI=1S/C13H13N5.2ClH.Fe/c1-8-6-14-12(16-8)10-4-3-5-11(18-10)13-15-7-9(2)17-13;;;/h3-5H,6-7H2,1-2H3;2*1H;/q;;;+2/p-2. The molecule has 0 fully saturated rings. The molecule has 0 aromatic carbocycles. The number of rotatable bonds is 2. The molecule has 0 unspecified atom stereocenters. The Kier molecular flexibility index (Phi) is 7.96. The minimum atomic E-state index is 0. The third-order valence-electron chi connectivity index (χ3n) is 2.72. The Balaban J connectivity index is 0.00000133. The molecule has 3 rings (SSSR count). The van der Waals surface area contributed by atoms with E-state index in [0.29, 0.717) is 24.8 Å². The van der Waals surface area contributed by atoms with Gasteiger partial charge in [0.15, 0.2) is 11.7 Å². The van der Waals surface area contributed by atoms with Crippen molar-refractivity contribution in [3.05, 3.63) is 29.6 Å². The van der Waals surface area contributed by atoms with Gasteiger partial charge in [0.25, 0.3) is 0 Å². The van der Waals surface area contributed by atoms with E-state index in [1.165, 1.54) is 0 Å². The second-order valence-electron chi connectivity index (χ2n) is 4.38. The summed E-state index contributed by atoms with van der Waals surface area (Å²) in [6.07, 6.45) is 0. The molecule has 0 saturated carbocycles. The van der Waals surface area contributed by atoms with Crippen LogP contribution in [0.5, 0.6) is 0 Å². The van der Waals surface area contributed by atoms with Crippen LogP contribution in [-0.4, -0.2) is 41.2 Å². The van der Waals surface area contributed by atoms with E-state index < -0.39 is 0 Å². The molecule has 3 heterocycles. The molecule has 1 aromatic rings. The molecule has 0 bridgehead atoms. The van der Waals surface area contributed by atoms with Gasteiger partial charge in [-0.15, -0.1) is 0 Å². The fourth-order valence-corrected chi connectivity index (χ4v) is 1.84. The Morgan fingerprint density at radius 2 is 1.24 bits per heavy atom. The van der Waals surface area contributed by atoms with Gasteiger partial charge in [0.1, 0.15) is 11.4 Å². The molecule has 0 saturated heterocycles. The van der Waals surface area contributed by atoms with Gasteiger partial charge in [0.05, 0.1) is 13.1 Å². The Morgan fingerprint density at radius 3 is 1.57 bits per heavy atom. The first-order valence-electron chi connectivity index (χ1n) is 5.87. The van der Waals surface area contributed by atoms with Crippen molar-refractivity contribution < 1.29 is 41.9 Å². The molecule has 0 radical (unpaired) electrons. The molecule has 0 aliphatic carbocycles. The second kappa shape index (κ2) is 8.39. The Hall–Kier alpha value is -1.07. The molecule has 112 valence electrons. The Morgan fingerprint density at radius 1 is 0.810 bits per heavy atom. The van der Waals surface area contributed by atoms with Crippen LogP contribution in [0.3, 0.4) is 0 Å². The van der Waals surface area contributed by atoms with Crippen LogP contribution in [0.25, 0.3) is 0 Å². The van der Waals surface area contributed by atoms with Crippen LogP contribution in [0.2, 0.25) is 0 Å². The van der Waals surface area contributed by atoms with E-state index in [0.717, 1.165) is 22.8 Å². The topological polar surface area (TPSA) is 62.3 Å². The summed E-state index contributed by atoms with van der Waals surface area (Å²) in [5.74, 6) is 1.40. The summed E-state index contributed by atoms with van der Waals surface area (Å²) in [6, 6.07) is 5.77. The smallest absolute Gasteiger partial charge is 1.00 e. The summed E-state index contributed by atoms with van der Waals surface area (Å²) in [5.41, 5.74) is 3.60. The first kappa shape index (κ1) is 19.9. The van der Waals surface area contributed by atoms with Gasteiger partial charge in [0, 0.05) is 11.4 Å². The van der Waals surface area contributed by atoms with Gasteiger partial charge in [-0.1, -0.05) is 6.07 Å². The number of aliphatic imine (C=N–C) groups is 4. The molecule has 21 heavy (non-hydrogen) atoms. The predicted octanol–water partition coefficient (Wildman–Crippen LogP) is -4.47. The molecule has 2 aliphatic heterocycles. The first-order chi connectivity index (χ1) is 8.72. The average Bonchev–Trinajstić information content (AvgIpc) is 2.98. The molecule has 1 aromatic heterocycles. The van der Waals surface area contributed by atoms with Crippen molar-refractivity contribution in [2.24, 2.45) is 20.0 Å². The van der Waals surface area contributed by atoms with Crippen LogP contribution in [0.1, 0.15) is 25.2 Å². The van der Waals surface area contributed by atoms with Crippen molar-refractivity contribution in [1.29, 1.82) is 0 Å². The molecule has 5 nitrogen and oxygen atoms in total. The fourth-order valence-electron chi connectivity index (χ4n) is 1.84. The summed E-state index contributed by atoms with van der Waals surface area (Å²) in [7, 11) is 0. The zero-order valence-corrected chi connectivity index (χ0v) is 14.1. The molecule has 8 heteroatoms. The molecule has 0 N–H and O–H groups in total. The van der Waals surface area contributed by atoms with E-state index in [1.54, 1.807) is 0 Å². The van der Waals surface area contributed by atoms with Crippen molar-refractivity contribution >= 4 is 23.1 Å².